The molecule has 0 bridgehead atoms. The molecule has 0 unspecified atom stereocenters. The second kappa shape index (κ2) is 8.41. The van der Waals surface area contributed by atoms with Gasteiger partial charge in [0.05, 0.1) is 11.9 Å². The number of hydrogen-bond acceptors (Lipinski definition) is 2. The number of aromatic nitrogens is 1. The molecule has 4 rings (SSSR count). The highest BCUT2D eigenvalue weighted by Gasteiger charge is 2.16. The lowest BCUT2D eigenvalue weighted by Crippen LogP contribution is -2.05. The largest absolute Gasteiger partial charge is 0.481 e. The van der Waals surface area contributed by atoms with Crippen molar-refractivity contribution in [2.45, 2.75) is 13.3 Å². The Bertz CT molecular complexity index is 1300. The van der Waals surface area contributed by atoms with Crippen LogP contribution in [-0.4, -0.2) is 16.1 Å². The second-order valence-corrected chi connectivity index (χ2v) is 7.44. The molecule has 0 radical (unpaired) electrons. The Hall–Kier alpha value is -3.61. The first-order chi connectivity index (χ1) is 14.5. The number of pyridine rings is 1. The smallest absolute Gasteiger partial charge is 0.307 e. The maximum Gasteiger partial charge on any atom is 0.307 e. The number of carboxylic acids is 1. The first-order valence-corrected chi connectivity index (χ1v) is 9.87. The third-order valence-corrected chi connectivity index (χ3v) is 5.15. The molecule has 30 heavy (non-hydrogen) atoms. The summed E-state index contributed by atoms with van der Waals surface area (Å²) in [6.07, 6.45) is -0.0602. The molecule has 0 saturated carbocycles. The molecule has 1 aromatic heterocycles. The van der Waals surface area contributed by atoms with Gasteiger partial charge in [0.15, 0.2) is 0 Å². The van der Waals surface area contributed by atoms with Crippen molar-refractivity contribution in [3.8, 4) is 23.0 Å². The van der Waals surface area contributed by atoms with Crippen LogP contribution >= 0.6 is 11.6 Å². The van der Waals surface area contributed by atoms with Gasteiger partial charge in [-0.3, -0.25) is 4.79 Å². The maximum atomic E-state index is 11.5. The summed E-state index contributed by atoms with van der Waals surface area (Å²) in [4.78, 5) is 16.2. The molecule has 0 aliphatic rings. The van der Waals surface area contributed by atoms with Crippen molar-refractivity contribution in [2.75, 3.05) is 0 Å². The van der Waals surface area contributed by atoms with Gasteiger partial charge >= 0.3 is 5.97 Å². The number of nitrogens with zero attached hydrogens (tertiary/aromatic N) is 1. The topological polar surface area (TPSA) is 50.2 Å². The summed E-state index contributed by atoms with van der Waals surface area (Å²) in [7, 11) is 0. The number of rotatable bonds is 3. The van der Waals surface area contributed by atoms with Gasteiger partial charge in [0, 0.05) is 16.0 Å². The van der Waals surface area contributed by atoms with Gasteiger partial charge in [-0.15, -0.1) is 0 Å². The standard InChI is InChI=1S/C26H18ClNO2/c1-17-15-24-22(14-13-21(28-24)12-7-18-5-3-2-4-6-18)26(23(17)16-25(29)30)19-8-10-20(27)11-9-19/h2-6,8-11,13-15H,16H2,1H3,(H,29,30). The lowest BCUT2D eigenvalue weighted by molar-refractivity contribution is -0.136. The van der Waals surface area contributed by atoms with Crippen LogP contribution in [0.5, 0.6) is 0 Å². The summed E-state index contributed by atoms with van der Waals surface area (Å²) in [5, 5.41) is 11.0. The Morgan fingerprint density at radius 1 is 1.00 bits per heavy atom. The van der Waals surface area contributed by atoms with Crippen molar-refractivity contribution in [1.82, 2.24) is 4.98 Å². The van der Waals surface area contributed by atoms with Crippen molar-refractivity contribution in [2.24, 2.45) is 0 Å². The molecular weight excluding hydrogens is 394 g/mol. The first-order valence-electron chi connectivity index (χ1n) is 9.49. The lowest BCUT2D eigenvalue weighted by atomic mass is 9.90. The summed E-state index contributed by atoms with van der Waals surface area (Å²) in [5.41, 5.74) is 5.82. The second-order valence-electron chi connectivity index (χ2n) is 7.00. The predicted molar refractivity (Wildman–Crippen MR) is 121 cm³/mol. The van der Waals surface area contributed by atoms with Crippen molar-refractivity contribution in [1.29, 1.82) is 0 Å². The maximum absolute atomic E-state index is 11.5. The highest BCUT2D eigenvalue weighted by atomic mass is 35.5. The number of carbonyl (C=O) groups is 1. The van der Waals surface area contributed by atoms with Gasteiger partial charge in [-0.1, -0.05) is 47.9 Å². The summed E-state index contributed by atoms with van der Waals surface area (Å²) >= 11 is 6.06. The number of fused-ring (bicyclic) bond motifs is 1. The molecule has 0 amide bonds. The molecule has 0 atom stereocenters. The third-order valence-electron chi connectivity index (χ3n) is 4.89. The molecular formula is C26H18ClNO2. The normalized spacial score (nSPS) is 10.5. The molecule has 0 fully saturated rings. The summed E-state index contributed by atoms with van der Waals surface area (Å²) in [5.74, 6) is 5.37. The van der Waals surface area contributed by atoms with Gasteiger partial charge in [0.2, 0.25) is 0 Å². The molecule has 0 spiro atoms. The molecule has 4 heteroatoms. The van der Waals surface area contributed by atoms with E-state index in [9.17, 15) is 9.90 Å². The number of benzene rings is 3. The highest BCUT2D eigenvalue weighted by molar-refractivity contribution is 6.30. The van der Waals surface area contributed by atoms with Crippen molar-refractivity contribution in [3.05, 3.63) is 100 Å². The predicted octanol–water partition coefficient (Wildman–Crippen LogP) is 5.89. The summed E-state index contributed by atoms with van der Waals surface area (Å²) < 4.78 is 0. The average Bonchev–Trinajstić information content (AvgIpc) is 2.74. The number of hydrogen-bond donors (Lipinski definition) is 1. The van der Waals surface area contributed by atoms with Crippen LogP contribution in [-0.2, 0) is 11.2 Å². The van der Waals surface area contributed by atoms with E-state index in [1.807, 2.05) is 79.7 Å². The third kappa shape index (κ3) is 4.20. The molecule has 3 aromatic carbocycles. The molecule has 146 valence electrons. The van der Waals surface area contributed by atoms with Crippen molar-refractivity contribution >= 4 is 28.5 Å². The molecule has 0 saturated heterocycles. The van der Waals surface area contributed by atoms with E-state index in [0.717, 1.165) is 38.7 Å². The lowest BCUT2D eigenvalue weighted by Gasteiger charge is -2.15. The monoisotopic (exact) mass is 411 g/mol. The number of carboxylic acid groups (broad SMARTS) is 1. The van der Waals surface area contributed by atoms with Crippen molar-refractivity contribution < 1.29 is 9.90 Å². The summed E-state index contributed by atoms with van der Waals surface area (Å²) in [6, 6.07) is 23.0. The Balaban J connectivity index is 1.89. The quantitative estimate of drug-likeness (QED) is 0.427. The minimum atomic E-state index is -0.869. The van der Waals surface area contributed by atoms with Crippen LogP contribution in [0.3, 0.4) is 0 Å². The summed E-state index contributed by atoms with van der Waals surface area (Å²) in [6.45, 7) is 1.92. The van der Waals surface area contributed by atoms with E-state index in [-0.39, 0.29) is 6.42 Å². The zero-order valence-electron chi connectivity index (χ0n) is 16.3. The van der Waals surface area contributed by atoms with E-state index in [1.54, 1.807) is 0 Å². The van der Waals surface area contributed by atoms with Gasteiger partial charge in [-0.2, -0.15) is 0 Å². The minimum Gasteiger partial charge on any atom is -0.481 e. The van der Waals surface area contributed by atoms with E-state index >= 15 is 0 Å². The van der Waals surface area contributed by atoms with Gasteiger partial charge < -0.3 is 5.11 Å². The van der Waals surface area contributed by atoms with E-state index in [1.165, 1.54) is 0 Å². The number of halogens is 1. The first kappa shape index (κ1) is 19.7. The van der Waals surface area contributed by atoms with E-state index in [0.29, 0.717) is 10.7 Å². The molecule has 0 aliphatic carbocycles. The van der Waals surface area contributed by atoms with Gasteiger partial charge in [-0.25, -0.2) is 4.98 Å². The van der Waals surface area contributed by atoms with E-state index < -0.39 is 5.97 Å². The van der Waals surface area contributed by atoms with Crippen LogP contribution < -0.4 is 0 Å². The fourth-order valence-corrected chi connectivity index (χ4v) is 3.63. The zero-order valence-corrected chi connectivity index (χ0v) is 17.1. The SMILES string of the molecule is Cc1cc2nc(C#Cc3ccccc3)ccc2c(-c2ccc(Cl)cc2)c1CC(=O)O. The van der Waals surface area contributed by atoms with Gasteiger partial charge in [-0.05, 0) is 77.6 Å². The number of aliphatic carboxylic acids is 1. The van der Waals surface area contributed by atoms with E-state index in [4.69, 9.17) is 16.6 Å². The molecule has 4 aromatic rings. The van der Waals surface area contributed by atoms with Crippen molar-refractivity contribution in [3.63, 3.8) is 0 Å². The minimum absolute atomic E-state index is 0.0602. The van der Waals surface area contributed by atoms with Crippen LogP contribution in [0.2, 0.25) is 5.02 Å². The van der Waals surface area contributed by atoms with Gasteiger partial charge in [0.1, 0.15) is 5.69 Å². The number of aryl methyl sites for hydroxylation is 1. The molecule has 1 N–H and O–H groups in total. The van der Waals surface area contributed by atoms with Crippen LogP contribution in [0, 0.1) is 18.8 Å². The van der Waals surface area contributed by atoms with E-state index in [2.05, 4.69) is 11.8 Å². The van der Waals surface area contributed by atoms with Crippen LogP contribution in [0.1, 0.15) is 22.4 Å². The molecule has 3 nitrogen and oxygen atoms in total. The highest BCUT2D eigenvalue weighted by Crippen LogP contribution is 2.35. The Labute approximate surface area is 180 Å². The van der Waals surface area contributed by atoms with Crippen LogP contribution in [0.4, 0.5) is 0 Å². The molecule has 0 aliphatic heterocycles. The Morgan fingerprint density at radius 2 is 1.73 bits per heavy atom. The fourth-order valence-electron chi connectivity index (χ4n) is 3.50. The Kier molecular flexibility index (Phi) is 5.52. The fraction of sp³-hybridized carbons (Fsp3) is 0.0769. The van der Waals surface area contributed by atoms with Gasteiger partial charge in [0.25, 0.3) is 0 Å². The molecule has 1 heterocycles. The Morgan fingerprint density at radius 3 is 2.43 bits per heavy atom. The zero-order chi connectivity index (χ0) is 21.1. The average molecular weight is 412 g/mol. The van der Waals surface area contributed by atoms with Crippen LogP contribution in [0.25, 0.3) is 22.0 Å². The van der Waals surface area contributed by atoms with Crippen LogP contribution in [0.15, 0.2) is 72.8 Å².